The number of rotatable bonds is 0. The van der Waals surface area contributed by atoms with Crippen molar-refractivity contribution in [2.75, 3.05) is 0 Å². The van der Waals surface area contributed by atoms with Gasteiger partial charge in [0.2, 0.25) is 0 Å². The van der Waals surface area contributed by atoms with Gasteiger partial charge < -0.3 is 0 Å². The number of allylic oxidation sites excluding steroid dienone is 4. The topological polar surface area (TPSA) is 0 Å². The minimum absolute atomic E-state index is 0.420. The Labute approximate surface area is 94.5 Å². The van der Waals surface area contributed by atoms with Gasteiger partial charge in [0.25, 0.3) is 0 Å². The van der Waals surface area contributed by atoms with E-state index in [4.69, 9.17) is 0 Å². The van der Waals surface area contributed by atoms with Crippen LogP contribution in [-0.4, -0.2) is 0 Å². The fourth-order valence-corrected chi connectivity index (χ4v) is 3.14. The number of fused-ring (bicyclic) bond motifs is 1. The van der Waals surface area contributed by atoms with Crippen molar-refractivity contribution in [3.8, 4) is 0 Å². The molecule has 0 fully saturated rings. The standard InChI is InChI=1S/C15H24/c1-12-7-8-13-6-5-10-14(2,3)15(13,4)11-9-12/h6,9H,5,7-8,10-11H2,1-4H3/t15-/m1/s1. The molecule has 0 amide bonds. The Kier molecular flexibility index (Phi) is 2.56. The summed E-state index contributed by atoms with van der Waals surface area (Å²) in [5, 5.41) is 0. The zero-order valence-electron chi connectivity index (χ0n) is 10.7. The predicted octanol–water partition coefficient (Wildman–Crippen LogP) is 4.87. The maximum absolute atomic E-state index is 2.53. The first-order chi connectivity index (χ1) is 6.96. The zero-order chi connectivity index (χ0) is 11.1. The lowest BCUT2D eigenvalue weighted by Gasteiger charge is -2.48. The Bertz CT molecular complexity index is 317. The first-order valence-electron chi connectivity index (χ1n) is 6.31. The van der Waals surface area contributed by atoms with Gasteiger partial charge in [0, 0.05) is 0 Å². The van der Waals surface area contributed by atoms with E-state index in [1.165, 1.54) is 32.1 Å². The molecule has 0 bridgehead atoms. The van der Waals surface area contributed by atoms with Crippen molar-refractivity contribution in [3.63, 3.8) is 0 Å². The second kappa shape index (κ2) is 3.50. The largest absolute Gasteiger partial charge is 0.0847 e. The Balaban J connectivity index is 2.40. The average molecular weight is 204 g/mol. The quantitative estimate of drug-likeness (QED) is 0.494. The van der Waals surface area contributed by atoms with Crippen LogP contribution in [0.5, 0.6) is 0 Å². The summed E-state index contributed by atoms with van der Waals surface area (Å²) >= 11 is 0. The van der Waals surface area contributed by atoms with Crippen LogP contribution in [0.2, 0.25) is 0 Å². The van der Waals surface area contributed by atoms with Crippen LogP contribution in [0.4, 0.5) is 0 Å². The van der Waals surface area contributed by atoms with Gasteiger partial charge in [-0.3, -0.25) is 0 Å². The minimum Gasteiger partial charge on any atom is -0.0847 e. The molecule has 0 saturated heterocycles. The van der Waals surface area contributed by atoms with Crippen LogP contribution >= 0.6 is 0 Å². The molecule has 0 N–H and O–H groups in total. The molecule has 2 aliphatic carbocycles. The molecule has 15 heavy (non-hydrogen) atoms. The van der Waals surface area contributed by atoms with Crippen LogP contribution in [0.3, 0.4) is 0 Å². The second-order valence-electron chi connectivity index (χ2n) is 6.24. The summed E-state index contributed by atoms with van der Waals surface area (Å²) in [6, 6.07) is 0. The molecule has 0 radical (unpaired) electrons. The summed E-state index contributed by atoms with van der Waals surface area (Å²) in [5.74, 6) is 0. The molecule has 0 aromatic carbocycles. The highest BCUT2D eigenvalue weighted by Crippen LogP contribution is 2.55. The predicted molar refractivity (Wildman–Crippen MR) is 66.8 cm³/mol. The van der Waals surface area contributed by atoms with Crippen molar-refractivity contribution >= 4 is 0 Å². The molecule has 0 aromatic heterocycles. The highest BCUT2D eigenvalue weighted by molar-refractivity contribution is 5.26. The van der Waals surface area contributed by atoms with E-state index in [2.05, 4.69) is 39.8 Å². The van der Waals surface area contributed by atoms with Gasteiger partial charge in [-0.25, -0.2) is 0 Å². The van der Waals surface area contributed by atoms with Crippen molar-refractivity contribution in [2.24, 2.45) is 10.8 Å². The monoisotopic (exact) mass is 204 g/mol. The van der Waals surface area contributed by atoms with Crippen molar-refractivity contribution < 1.29 is 0 Å². The van der Waals surface area contributed by atoms with Gasteiger partial charge in [-0.2, -0.15) is 0 Å². The van der Waals surface area contributed by atoms with Gasteiger partial charge in [-0.1, -0.05) is 44.1 Å². The summed E-state index contributed by atoms with van der Waals surface area (Å²) in [7, 11) is 0. The third-order valence-corrected chi connectivity index (χ3v) is 5.01. The maximum atomic E-state index is 2.53. The number of hydrogen-bond acceptors (Lipinski definition) is 0. The van der Waals surface area contributed by atoms with E-state index in [1.54, 1.807) is 11.1 Å². The van der Waals surface area contributed by atoms with Gasteiger partial charge in [0.05, 0.1) is 0 Å². The molecular weight excluding hydrogens is 180 g/mol. The van der Waals surface area contributed by atoms with Crippen molar-refractivity contribution in [3.05, 3.63) is 23.3 Å². The van der Waals surface area contributed by atoms with Crippen molar-refractivity contribution in [1.29, 1.82) is 0 Å². The molecule has 0 aliphatic heterocycles. The summed E-state index contributed by atoms with van der Waals surface area (Å²) in [6.45, 7) is 9.67. The minimum atomic E-state index is 0.420. The zero-order valence-corrected chi connectivity index (χ0v) is 10.7. The molecule has 2 rings (SSSR count). The molecule has 0 nitrogen and oxygen atoms in total. The fraction of sp³-hybridized carbons (Fsp3) is 0.733. The van der Waals surface area contributed by atoms with Crippen LogP contribution < -0.4 is 0 Å². The summed E-state index contributed by atoms with van der Waals surface area (Å²) in [4.78, 5) is 0. The van der Waals surface area contributed by atoms with E-state index in [9.17, 15) is 0 Å². The Morgan fingerprint density at radius 3 is 2.53 bits per heavy atom. The molecule has 0 heterocycles. The van der Waals surface area contributed by atoms with Gasteiger partial charge >= 0.3 is 0 Å². The van der Waals surface area contributed by atoms with Gasteiger partial charge in [-0.15, -0.1) is 0 Å². The van der Waals surface area contributed by atoms with Crippen molar-refractivity contribution in [2.45, 2.75) is 59.8 Å². The summed E-state index contributed by atoms with van der Waals surface area (Å²) < 4.78 is 0. The van der Waals surface area contributed by atoms with E-state index in [-0.39, 0.29) is 0 Å². The van der Waals surface area contributed by atoms with Gasteiger partial charge in [0.15, 0.2) is 0 Å². The molecule has 1 atom stereocenters. The summed E-state index contributed by atoms with van der Waals surface area (Å²) in [5.41, 5.74) is 4.20. The van der Waals surface area contributed by atoms with Crippen molar-refractivity contribution in [1.82, 2.24) is 0 Å². The fourth-order valence-electron chi connectivity index (χ4n) is 3.14. The van der Waals surface area contributed by atoms with E-state index < -0.39 is 0 Å². The van der Waals surface area contributed by atoms with Crippen LogP contribution in [0.1, 0.15) is 59.8 Å². The van der Waals surface area contributed by atoms with E-state index in [1.807, 2.05) is 0 Å². The van der Waals surface area contributed by atoms with E-state index in [0.29, 0.717) is 10.8 Å². The van der Waals surface area contributed by atoms with Crippen LogP contribution in [0.15, 0.2) is 23.3 Å². The Morgan fingerprint density at radius 1 is 1.07 bits per heavy atom. The van der Waals surface area contributed by atoms with E-state index in [0.717, 1.165) is 0 Å². The lowest BCUT2D eigenvalue weighted by molar-refractivity contribution is 0.107. The first kappa shape index (κ1) is 11.0. The second-order valence-corrected chi connectivity index (χ2v) is 6.24. The first-order valence-corrected chi connectivity index (χ1v) is 6.31. The Hall–Kier alpha value is -0.520. The summed E-state index contributed by atoms with van der Waals surface area (Å²) in [6.07, 6.45) is 11.5. The molecule has 2 aliphatic rings. The third kappa shape index (κ3) is 1.68. The molecular formula is C15H24. The van der Waals surface area contributed by atoms with Crippen LogP contribution in [-0.2, 0) is 0 Å². The lowest BCUT2D eigenvalue weighted by Crippen LogP contribution is -2.38. The third-order valence-electron chi connectivity index (χ3n) is 5.01. The van der Waals surface area contributed by atoms with Crippen LogP contribution in [0.25, 0.3) is 0 Å². The maximum Gasteiger partial charge on any atom is -0.00305 e. The van der Waals surface area contributed by atoms with Crippen LogP contribution in [0, 0.1) is 10.8 Å². The molecule has 0 unspecified atom stereocenters. The van der Waals surface area contributed by atoms with Gasteiger partial charge in [0.1, 0.15) is 0 Å². The lowest BCUT2D eigenvalue weighted by atomic mass is 9.56. The molecule has 0 spiro atoms. The smallest absolute Gasteiger partial charge is 0.00305 e. The van der Waals surface area contributed by atoms with Gasteiger partial charge in [-0.05, 0) is 49.9 Å². The average Bonchev–Trinajstić information content (AvgIpc) is 2.30. The SMILES string of the molecule is CC1=CC[C@]2(C)C(=CCCC2(C)C)CC1. The highest BCUT2D eigenvalue weighted by atomic mass is 14.5. The molecule has 0 saturated carbocycles. The normalized spacial score (nSPS) is 34.9. The van der Waals surface area contributed by atoms with E-state index >= 15 is 0 Å². The molecule has 0 heteroatoms. The molecule has 84 valence electrons. The molecule has 0 aromatic rings. The highest BCUT2D eigenvalue weighted by Gasteiger charge is 2.44. The number of hydrogen-bond donors (Lipinski definition) is 0. The Morgan fingerprint density at radius 2 is 1.80 bits per heavy atom.